The first kappa shape index (κ1) is 15.4. The van der Waals surface area contributed by atoms with Gasteiger partial charge in [0.05, 0.1) is 7.11 Å². The van der Waals surface area contributed by atoms with Gasteiger partial charge >= 0.3 is 0 Å². The van der Waals surface area contributed by atoms with Crippen molar-refractivity contribution in [1.29, 1.82) is 0 Å². The molecule has 0 amide bonds. The normalized spacial score (nSPS) is 10.4. The highest BCUT2D eigenvalue weighted by Crippen LogP contribution is 2.29. The van der Waals surface area contributed by atoms with Crippen molar-refractivity contribution in [2.45, 2.75) is 26.4 Å². The summed E-state index contributed by atoms with van der Waals surface area (Å²) in [4.78, 5) is 0. The summed E-state index contributed by atoms with van der Waals surface area (Å²) in [5.74, 6) is 1.56. The van der Waals surface area contributed by atoms with Crippen molar-refractivity contribution in [3.05, 3.63) is 59.2 Å². The molecule has 0 aliphatic carbocycles. The highest BCUT2D eigenvalue weighted by atomic mass is 16.5. The Hall–Kier alpha value is -2.00. The minimum atomic E-state index is 0.526. The van der Waals surface area contributed by atoms with Gasteiger partial charge in [0.15, 0.2) is 11.5 Å². The lowest BCUT2D eigenvalue weighted by molar-refractivity contribution is 0.283. The van der Waals surface area contributed by atoms with Crippen LogP contribution in [0.5, 0.6) is 11.5 Å². The number of ether oxygens (including phenoxy) is 2. The van der Waals surface area contributed by atoms with Crippen LogP contribution in [0, 0.1) is 0 Å². The summed E-state index contributed by atoms with van der Waals surface area (Å²) >= 11 is 0. The SMILES string of the molecule is CCc1ccc(OCc2ccccc2CCN)c(OC)c1. The van der Waals surface area contributed by atoms with E-state index in [4.69, 9.17) is 15.2 Å². The van der Waals surface area contributed by atoms with Gasteiger partial charge in [-0.25, -0.2) is 0 Å². The second-order valence-electron chi connectivity index (χ2n) is 4.93. The van der Waals surface area contributed by atoms with Crippen LogP contribution in [0.3, 0.4) is 0 Å². The molecule has 0 fully saturated rings. The molecule has 0 unspecified atom stereocenters. The molecule has 2 aromatic rings. The first-order chi connectivity index (χ1) is 10.3. The fourth-order valence-electron chi connectivity index (χ4n) is 2.30. The zero-order valence-electron chi connectivity index (χ0n) is 12.8. The maximum absolute atomic E-state index is 5.93. The van der Waals surface area contributed by atoms with E-state index in [2.05, 4.69) is 25.1 Å². The Balaban J connectivity index is 2.13. The van der Waals surface area contributed by atoms with Crippen molar-refractivity contribution >= 4 is 0 Å². The van der Waals surface area contributed by atoms with Gasteiger partial charge in [-0.3, -0.25) is 0 Å². The molecule has 0 bridgehead atoms. The van der Waals surface area contributed by atoms with E-state index in [1.807, 2.05) is 24.3 Å². The van der Waals surface area contributed by atoms with Crippen molar-refractivity contribution in [3.63, 3.8) is 0 Å². The summed E-state index contributed by atoms with van der Waals surface area (Å²) in [7, 11) is 1.67. The number of aryl methyl sites for hydroxylation is 1. The molecule has 3 heteroatoms. The van der Waals surface area contributed by atoms with Gasteiger partial charge in [0.2, 0.25) is 0 Å². The van der Waals surface area contributed by atoms with Crippen LogP contribution in [0.4, 0.5) is 0 Å². The van der Waals surface area contributed by atoms with E-state index in [-0.39, 0.29) is 0 Å². The van der Waals surface area contributed by atoms with E-state index >= 15 is 0 Å². The predicted molar refractivity (Wildman–Crippen MR) is 85.9 cm³/mol. The number of hydrogen-bond acceptors (Lipinski definition) is 3. The highest BCUT2D eigenvalue weighted by Gasteiger charge is 2.07. The van der Waals surface area contributed by atoms with Gasteiger partial charge in [-0.15, -0.1) is 0 Å². The Morgan fingerprint density at radius 2 is 1.76 bits per heavy atom. The monoisotopic (exact) mass is 285 g/mol. The summed E-state index contributed by atoms with van der Waals surface area (Å²) < 4.78 is 11.3. The third-order valence-corrected chi connectivity index (χ3v) is 3.55. The standard InChI is InChI=1S/C18H23NO2/c1-3-14-8-9-17(18(12-14)20-2)21-13-16-7-5-4-6-15(16)10-11-19/h4-9,12H,3,10-11,13,19H2,1-2H3. The Bertz CT molecular complexity index is 581. The molecule has 21 heavy (non-hydrogen) atoms. The second-order valence-corrected chi connectivity index (χ2v) is 4.93. The zero-order chi connectivity index (χ0) is 15.1. The van der Waals surface area contributed by atoms with Crippen LogP contribution in [0.25, 0.3) is 0 Å². The molecule has 0 saturated heterocycles. The molecular formula is C18H23NO2. The molecule has 0 aliphatic rings. The van der Waals surface area contributed by atoms with Crippen LogP contribution in [0.2, 0.25) is 0 Å². The topological polar surface area (TPSA) is 44.5 Å². The third-order valence-electron chi connectivity index (χ3n) is 3.55. The smallest absolute Gasteiger partial charge is 0.161 e. The zero-order valence-corrected chi connectivity index (χ0v) is 12.8. The lowest BCUT2D eigenvalue weighted by Gasteiger charge is -2.14. The molecule has 112 valence electrons. The minimum Gasteiger partial charge on any atom is -0.493 e. The van der Waals surface area contributed by atoms with E-state index in [0.29, 0.717) is 13.2 Å². The summed E-state index contributed by atoms with van der Waals surface area (Å²) in [5.41, 5.74) is 9.30. The van der Waals surface area contributed by atoms with Crippen LogP contribution in [0.15, 0.2) is 42.5 Å². The molecule has 2 aromatic carbocycles. The van der Waals surface area contributed by atoms with Gasteiger partial charge < -0.3 is 15.2 Å². The van der Waals surface area contributed by atoms with Gasteiger partial charge in [0.25, 0.3) is 0 Å². The number of methoxy groups -OCH3 is 1. The molecule has 0 atom stereocenters. The molecule has 0 aliphatic heterocycles. The van der Waals surface area contributed by atoms with E-state index in [1.54, 1.807) is 7.11 Å². The number of nitrogens with two attached hydrogens (primary N) is 1. The third kappa shape index (κ3) is 3.99. The van der Waals surface area contributed by atoms with E-state index in [1.165, 1.54) is 16.7 Å². The molecular weight excluding hydrogens is 262 g/mol. The van der Waals surface area contributed by atoms with E-state index in [0.717, 1.165) is 24.3 Å². The van der Waals surface area contributed by atoms with Gasteiger partial charge in [0.1, 0.15) is 6.61 Å². The Labute approximate surface area is 126 Å². The maximum atomic E-state index is 5.93. The molecule has 0 aromatic heterocycles. The van der Waals surface area contributed by atoms with Crippen LogP contribution in [-0.2, 0) is 19.4 Å². The maximum Gasteiger partial charge on any atom is 0.161 e. The van der Waals surface area contributed by atoms with Crippen LogP contribution in [-0.4, -0.2) is 13.7 Å². The highest BCUT2D eigenvalue weighted by molar-refractivity contribution is 5.43. The summed E-state index contributed by atoms with van der Waals surface area (Å²) in [6.45, 7) is 3.29. The predicted octanol–water partition coefficient (Wildman–Crippen LogP) is 3.34. The minimum absolute atomic E-state index is 0.526. The number of rotatable bonds is 7. The van der Waals surface area contributed by atoms with E-state index in [9.17, 15) is 0 Å². The summed E-state index contributed by atoms with van der Waals surface area (Å²) in [6.07, 6.45) is 1.85. The first-order valence-electron chi connectivity index (χ1n) is 7.35. The van der Waals surface area contributed by atoms with Crippen LogP contribution >= 0.6 is 0 Å². The lowest BCUT2D eigenvalue weighted by atomic mass is 10.1. The summed E-state index contributed by atoms with van der Waals surface area (Å²) in [5, 5.41) is 0. The molecule has 0 heterocycles. The molecule has 0 saturated carbocycles. The van der Waals surface area contributed by atoms with Gasteiger partial charge in [-0.1, -0.05) is 37.3 Å². The van der Waals surface area contributed by atoms with Crippen LogP contribution < -0.4 is 15.2 Å². The quantitative estimate of drug-likeness (QED) is 0.848. The molecule has 3 nitrogen and oxygen atoms in total. The summed E-state index contributed by atoms with van der Waals surface area (Å²) in [6, 6.07) is 14.3. The van der Waals surface area contributed by atoms with Crippen molar-refractivity contribution in [1.82, 2.24) is 0 Å². The molecule has 0 spiro atoms. The molecule has 2 rings (SSSR count). The van der Waals surface area contributed by atoms with Gasteiger partial charge in [-0.05, 0) is 48.2 Å². The van der Waals surface area contributed by atoms with E-state index < -0.39 is 0 Å². The first-order valence-corrected chi connectivity index (χ1v) is 7.35. The largest absolute Gasteiger partial charge is 0.493 e. The average Bonchev–Trinajstić information content (AvgIpc) is 2.54. The van der Waals surface area contributed by atoms with Crippen molar-refractivity contribution in [3.8, 4) is 11.5 Å². The van der Waals surface area contributed by atoms with Crippen molar-refractivity contribution in [2.75, 3.05) is 13.7 Å². The van der Waals surface area contributed by atoms with Crippen LogP contribution in [0.1, 0.15) is 23.6 Å². The Morgan fingerprint density at radius 3 is 2.43 bits per heavy atom. The molecule has 2 N–H and O–H groups in total. The average molecular weight is 285 g/mol. The Kier molecular flexibility index (Phi) is 5.64. The van der Waals surface area contributed by atoms with Gasteiger partial charge in [-0.2, -0.15) is 0 Å². The number of benzene rings is 2. The molecule has 0 radical (unpaired) electrons. The lowest BCUT2D eigenvalue weighted by Crippen LogP contribution is -2.07. The number of hydrogen-bond donors (Lipinski definition) is 1. The second kappa shape index (κ2) is 7.70. The van der Waals surface area contributed by atoms with Gasteiger partial charge in [0, 0.05) is 0 Å². The van der Waals surface area contributed by atoms with Crippen molar-refractivity contribution < 1.29 is 9.47 Å². The fourth-order valence-corrected chi connectivity index (χ4v) is 2.30. The fraction of sp³-hybridized carbons (Fsp3) is 0.333. The van der Waals surface area contributed by atoms with Crippen molar-refractivity contribution in [2.24, 2.45) is 5.73 Å². The Morgan fingerprint density at radius 1 is 1.00 bits per heavy atom.